The molecule has 5 nitrogen and oxygen atoms in total. The SMILES string of the molecule is C[C@@](CN)(CC(CCc1ccccc1)S(=O)O)c1cccc(C(N)N)c1. The zero-order valence-corrected chi connectivity index (χ0v) is 16.0. The molecule has 0 spiro atoms. The Morgan fingerprint density at radius 3 is 2.38 bits per heavy atom. The van der Waals surface area contributed by atoms with Crippen LogP contribution in [0.15, 0.2) is 54.6 Å². The Bertz CT molecular complexity index is 724. The Balaban J connectivity index is 2.18. The van der Waals surface area contributed by atoms with Gasteiger partial charge >= 0.3 is 0 Å². The third-order valence-corrected chi connectivity index (χ3v) is 5.95. The van der Waals surface area contributed by atoms with E-state index in [1.807, 2.05) is 61.5 Å². The second-order valence-electron chi connectivity index (χ2n) is 7.04. The van der Waals surface area contributed by atoms with Gasteiger partial charge in [0.05, 0.1) is 11.4 Å². The molecule has 0 radical (unpaired) electrons. The first-order valence-corrected chi connectivity index (χ1v) is 9.98. The molecule has 0 amide bonds. The fourth-order valence-electron chi connectivity index (χ4n) is 3.19. The van der Waals surface area contributed by atoms with Gasteiger partial charge in [-0.15, -0.1) is 0 Å². The molecule has 7 N–H and O–H groups in total. The van der Waals surface area contributed by atoms with Crippen molar-refractivity contribution in [2.45, 2.75) is 43.0 Å². The van der Waals surface area contributed by atoms with Crippen molar-refractivity contribution >= 4 is 11.1 Å². The lowest BCUT2D eigenvalue weighted by Gasteiger charge is -2.32. The molecule has 0 aromatic heterocycles. The van der Waals surface area contributed by atoms with E-state index in [2.05, 4.69) is 0 Å². The summed E-state index contributed by atoms with van der Waals surface area (Å²) in [4.78, 5) is 0. The van der Waals surface area contributed by atoms with Crippen molar-refractivity contribution in [2.24, 2.45) is 17.2 Å². The first kappa shape index (κ1) is 20.7. The van der Waals surface area contributed by atoms with Gasteiger partial charge in [-0.25, -0.2) is 4.21 Å². The van der Waals surface area contributed by atoms with E-state index >= 15 is 0 Å². The molecule has 142 valence electrons. The summed E-state index contributed by atoms with van der Waals surface area (Å²) < 4.78 is 21.8. The van der Waals surface area contributed by atoms with E-state index in [4.69, 9.17) is 17.2 Å². The Kier molecular flexibility index (Phi) is 7.49. The number of hydrogen-bond donors (Lipinski definition) is 4. The van der Waals surface area contributed by atoms with Gasteiger partial charge in [0, 0.05) is 12.0 Å². The van der Waals surface area contributed by atoms with Crippen LogP contribution in [0, 0.1) is 0 Å². The summed E-state index contributed by atoms with van der Waals surface area (Å²) >= 11 is -1.92. The van der Waals surface area contributed by atoms with Gasteiger partial charge in [0.25, 0.3) is 0 Å². The average Bonchev–Trinajstić information content (AvgIpc) is 2.65. The number of rotatable bonds is 9. The molecular formula is C20H29N3O2S. The largest absolute Gasteiger partial charge is 0.330 e. The van der Waals surface area contributed by atoms with Gasteiger partial charge in [-0.3, -0.25) is 0 Å². The quantitative estimate of drug-likeness (QED) is 0.397. The van der Waals surface area contributed by atoms with Gasteiger partial charge in [0.2, 0.25) is 0 Å². The standard InChI is InChI=1S/C20H29N3O2S/c1-20(14-21,17-9-5-8-16(12-17)19(22)23)13-18(26(24)25)11-10-15-6-3-2-4-7-15/h2-9,12,18-19H,10-11,13-14,21-23H2,1H3,(H,24,25)/t18?,20-/m0/s1. The monoisotopic (exact) mass is 375 g/mol. The first-order chi connectivity index (χ1) is 12.4. The number of benzene rings is 2. The van der Waals surface area contributed by atoms with Crippen LogP contribution < -0.4 is 17.2 Å². The predicted octanol–water partition coefficient (Wildman–Crippen LogP) is 2.43. The minimum Gasteiger partial charge on any atom is -0.330 e. The molecule has 2 rings (SSSR count). The molecule has 0 saturated heterocycles. The lowest BCUT2D eigenvalue weighted by Crippen LogP contribution is -2.37. The Labute approximate surface area is 158 Å². The van der Waals surface area contributed by atoms with Crippen LogP contribution in [0.3, 0.4) is 0 Å². The van der Waals surface area contributed by atoms with Crippen molar-refractivity contribution in [3.8, 4) is 0 Å². The van der Waals surface area contributed by atoms with Crippen molar-refractivity contribution in [3.05, 3.63) is 71.3 Å². The van der Waals surface area contributed by atoms with Crippen molar-refractivity contribution in [2.75, 3.05) is 6.54 Å². The highest BCUT2D eigenvalue weighted by Crippen LogP contribution is 2.32. The Morgan fingerprint density at radius 2 is 1.81 bits per heavy atom. The average molecular weight is 376 g/mol. The Hall–Kier alpha value is -1.57. The van der Waals surface area contributed by atoms with Crippen LogP contribution in [0.4, 0.5) is 0 Å². The van der Waals surface area contributed by atoms with E-state index in [0.717, 1.165) is 23.1 Å². The molecule has 6 heteroatoms. The van der Waals surface area contributed by atoms with Gasteiger partial charge in [-0.05, 0) is 36.0 Å². The topological polar surface area (TPSA) is 115 Å². The molecule has 0 fully saturated rings. The maximum atomic E-state index is 12.0. The summed E-state index contributed by atoms with van der Waals surface area (Å²) in [7, 11) is 0. The summed E-state index contributed by atoms with van der Waals surface area (Å²) in [5, 5.41) is -0.362. The van der Waals surface area contributed by atoms with Crippen LogP contribution in [-0.2, 0) is 22.9 Å². The molecule has 0 aliphatic rings. The molecule has 2 aromatic carbocycles. The van der Waals surface area contributed by atoms with E-state index in [-0.39, 0.29) is 5.25 Å². The van der Waals surface area contributed by atoms with Gasteiger partial charge in [-0.1, -0.05) is 61.5 Å². The molecule has 0 saturated carbocycles. The van der Waals surface area contributed by atoms with E-state index < -0.39 is 22.7 Å². The highest BCUT2D eigenvalue weighted by Gasteiger charge is 2.31. The van der Waals surface area contributed by atoms with Crippen molar-refractivity contribution in [1.29, 1.82) is 0 Å². The van der Waals surface area contributed by atoms with Crippen molar-refractivity contribution in [3.63, 3.8) is 0 Å². The zero-order chi connectivity index (χ0) is 19.2. The molecule has 0 bridgehead atoms. The van der Waals surface area contributed by atoms with Crippen LogP contribution >= 0.6 is 0 Å². The fourth-order valence-corrected chi connectivity index (χ4v) is 4.02. The van der Waals surface area contributed by atoms with Crippen LogP contribution in [0.2, 0.25) is 0 Å². The maximum Gasteiger partial charge on any atom is 0.156 e. The molecule has 26 heavy (non-hydrogen) atoms. The van der Waals surface area contributed by atoms with Crippen LogP contribution in [0.5, 0.6) is 0 Å². The van der Waals surface area contributed by atoms with Gasteiger partial charge in [0.1, 0.15) is 0 Å². The summed E-state index contributed by atoms with van der Waals surface area (Å²) in [6, 6.07) is 17.7. The molecular weight excluding hydrogens is 346 g/mol. The second kappa shape index (κ2) is 9.39. The molecule has 0 aliphatic heterocycles. The second-order valence-corrected chi connectivity index (χ2v) is 8.26. The summed E-state index contributed by atoms with van der Waals surface area (Å²) in [5.74, 6) is 0. The lowest BCUT2D eigenvalue weighted by atomic mass is 9.77. The minimum atomic E-state index is -1.92. The summed E-state index contributed by atoms with van der Waals surface area (Å²) in [6.07, 6.45) is 1.34. The predicted molar refractivity (Wildman–Crippen MR) is 108 cm³/mol. The van der Waals surface area contributed by atoms with E-state index in [1.54, 1.807) is 0 Å². The first-order valence-electron chi connectivity index (χ1n) is 8.81. The third kappa shape index (κ3) is 5.46. The van der Waals surface area contributed by atoms with Crippen LogP contribution in [-0.4, -0.2) is 20.6 Å². The summed E-state index contributed by atoms with van der Waals surface area (Å²) in [5.41, 5.74) is 20.2. The van der Waals surface area contributed by atoms with E-state index in [0.29, 0.717) is 19.4 Å². The van der Waals surface area contributed by atoms with Crippen molar-refractivity contribution in [1.82, 2.24) is 0 Å². The van der Waals surface area contributed by atoms with E-state index in [9.17, 15) is 8.76 Å². The number of nitrogens with two attached hydrogens (primary N) is 3. The smallest absolute Gasteiger partial charge is 0.156 e. The lowest BCUT2D eigenvalue weighted by molar-refractivity contribution is 0.413. The molecule has 2 aromatic rings. The van der Waals surface area contributed by atoms with Gasteiger partial charge in [0.15, 0.2) is 11.1 Å². The highest BCUT2D eigenvalue weighted by atomic mass is 32.2. The number of aryl methyl sites for hydroxylation is 1. The highest BCUT2D eigenvalue weighted by molar-refractivity contribution is 7.79. The molecule has 2 unspecified atom stereocenters. The molecule has 0 aliphatic carbocycles. The zero-order valence-electron chi connectivity index (χ0n) is 15.2. The van der Waals surface area contributed by atoms with E-state index in [1.165, 1.54) is 0 Å². The number of hydrogen-bond acceptors (Lipinski definition) is 4. The maximum absolute atomic E-state index is 12.0. The van der Waals surface area contributed by atoms with Gasteiger partial charge < -0.3 is 21.8 Å². The normalized spacial score (nSPS) is 16.2. The summed E-state index contributed by atoms with van der Waals surface area (Å²) in [6.45, 7) is 2.39. The van der Waals surface area contributed by atoms with Crippen molar-refractivity contribution < 1.29 is 8.76 Å². The Morgan fingerprint density at radius 1 is 1.12 bits per heavy atom. The minimum absolute atomic E-state index is 0.362. The van der Waals surface area contributed by atoms with Gasteiger partial charge in [-0.2, -0.15) is 0 Å². The molecule has 0 heterocycles. The molecule has 3 atom stereocenters. The van der Waals surface area contributed by atoms with Crippen LogP contribution in [0.25, 0.3) is 0 Å². The van der Waals surface area contributed by atoms with Crippen LogP contribution in [0.1, 0.15) is 42.6 Å². The fraction of sp³-hybridized carbons (Fsp3) is 0.400. The third-order valence-electron chi connectivity index (χ3n) is 4.98.